The van der Waals surface area contributed by atoms with E-state index in [0.29, 0.717) is 0 Å². The SMILES string of the molecule is CCNCC1(CN(C)CC(F)F)CCCC(C)C1. The molecule has 0 heterocycles. The minimum atomic E-state index is -2.23. The highest BCUT2D eigenvalue weighted by Crippen LogP contribution is 2.39. The Balaban J connectivity index is 2.58. The fourth-order valence-corrected chi connectivity index (χ4v) is 3.39. The molecular formula is C14H28F2N2. The van der Waals surface area contributed by atoms with E-state index in [1.54, 1.807) is 4.90 Å². The van der Waals surface area contributed by atoms with Crippen molar-refractivity contribution in [2.75, 3.05) is 33.2 Å². The quantitative estimate of drug-likeness (QED) is 0.759. The second-order valence-corrected chi connectivity index (χ2v) is 6.07. The highest BCUT2D eigenvalue weighted by molar-refractivity contribution is 4.89. The van der Waals surface area contributed by atoms with Gasteiger partial charge in [-0.2, -0.15) is 0 Å². The number of nitrogens with one attached hydrogen (secondary N) is 1. The number of nitrogens with zero attached hydrogens (tertiary/aromatic N) is 1. The van der Waals surface area contributed by atoms with Crippen molar-refractivity contribution < 1.29 is 8.78 Å². The number of halogens is 2. The first kappa shape index (κ1) is 15.8. The van der Waals surface area contributed by atoms with Crippen LogP contribution in [0.5, 0.6) is 0 Å². The van der Waals surface area contributed by atoms with Crippen LogP contribution in [0.4, 0.5) is 8.78 Å². The topological polar surface area (TPSA) is 15.3 Å². The summed E-state index contributed by atoms with van der Waals surface area (Å²) in [4.78, 5) is 1.81. The summed E-state index contributed by atoms with van der Waals surface area (Å²) >= 11 is 0. The lowest BCUT2D eigenvalue weighted by molar-refractivity contribution is 0.0502. The zero-order valence-corrected chi connectivity index (χ0v) is 12.0. The van der Waals surface area contributed by atoms with Gasteiger partial charge in [0, 0.05) is 13.1 Å². The van der Waals surface area contributed by atoms with Crippen molar-refractivity contribution >= 4 is 0 Å². The van der Waals surface area contributed by atoms with E-state index in [4.69, 9.17) is 0 Å². The first-order valence-electron chi connectivity index (χ1n) is 7.15. The van der Waals surface area contributed by atoms with Crippen LogP contribution in [0.1, 0.15) is 39.5 Å². The molecule has 108 valence electrons. The summed E-state index contributed by atoms with van der Waals surface area (Å²) in [5.41, 5.74) is 0.192. The summed E-state index contributed by atoms with van der Waals surface area (Å²) < 4.78 is 24.9. The lowest BCUT2D eigenvalue weighted by Gasteiger charge is -2.42. The Morgan fingerprint density at radius 3 is 2.72 bits per heavy atom. The Morgan fingerprint density at radius 2 is 2.17 bits per heavy atom. The Hall–Kier alpha value is -0.220. The van der Waals surface area contributed by atoms with Gasteiger partial charge in [0.1, 0.15) is 0 Å². The third kappa shape index (κ3) is 5.19. The molecule has 1 N–H and O–H groups in total. The number of hydrogen-bond acceptors (Lipinski definition) is 2. The smallest absolute Gasteiger partial charge is 0.251 e. The second-order valence-electron chi connectivity index (χ2n) is 6.07. The molecule has 2 nitrogen and oxygen atoms in total. The molecule has 0 radical (unpaired) electrons. The maximum absolute atomic E-state index is 12.4. The maximum Gasteiger partial charge on any atom is 0.251 e. The average molecular weight is 262 g/mol. The molecule has 1 fully saturated rings. The van der Waals surface area contributed by atoms with Crippen LogP contribution < -0.4 is 5.32 Å². The van der Waals surface area contributed by atoms with Gasteiger partial charge in [-0.1, -0.05) is 26.7 Å². The molecular weight excluding hydrogens is 234 g/mol. The lowest BCUT2D eigenvalue weighted by atomic mass is 9.69. The van der Waals surface area contributed by atoms with Gasteiger partial charge < -0.3 is 10.2 Å². The molecule has 2 unspecified atom stereocenters. The molecule has 1 aliphatic rings. The van der Waals surface area contributed by atoms with E-state index in [9.17, 15) is 8.78 Å². The van der Waals surface area contributed by atoms with Gasteiger partial charge in [0.15, 0.2) is 0 Å². The number of alkyl halides is 2. The van der Waals surface area contributed by atoms with E-state index in [2.05, 4.69) is 19.2 Å². The fourth-order valence-electron chi connectivity index (χ4n) is 3.39. The van der Waals surface area contributed by atoms with Gasteiger partial charge in [0.25, 0.3) is 6.43 Å². The molecule has 1 aliphatic carbocycles. The molecule has 0 bridgehead atoms. The Kier molecular flexibility index (Phi) is 6.50. The average Bonchev–Trinajstić information content (AvgIpc) is 2.25. The molecule has 0 saturated heterocycles. The summed E-state index contributed by atoms with van der Waals surface area (Å²) in [6.45, 7) is 6.98. The van der Waals surface area contributed by atoms with Gasteiger partial charge in [-0.25, -0.2) is 8.78 Å². The zero-order chi connectivity index (χ0) is 13.6. The molecule has 2 atom stereocenters. The Morgan fingerprint density at radius 1 is 1.44 bits per heavy atom. The highest BCUT2D eigenvalue weighted by Gasteiger charge is 2.35. The molecule has 0 amide bonds. The van der Waals surface area contributed by atoms with Gasteiger partial charge in [-0.05, 0) is 37.8 Å². The third-order valence-corrected chi connectivity index (χ3v) is 3.99. The van der Waals surface area contributed by atoms with Crippen LogP contribution in [0.2, 0.25) is 0 Å². The van der Waals surface area contributed by atoms with Gasteiger partial charge in [-0.3, -0.25) is 0 Å². The summed E-state index contributed by atoms with van der Waals surface area (Å²) in [5, 5.41) is 3.42. The van der Waals surface area contributed by atoms with Crippen LogP contribution in [0.3, 0.4) is 0 Å². The van der Waals surface area contributed by atoms with Gasteiger partial charge in [0.2, 0.25) is 0 Å². The van der Waals surface area contributed by atoms with Crippen molar-refractivity contribution in [3.05, 3.63) is 0 Å². The van der Waals surface area contributed by atoms with Crippen molar-refractivity contribution in [3.8, 4) is 0 Å². The molecule has 0 aromatic carbocycles. The summed E-state index contributed by atoms with van der Waals surface area (Å²) in [7, 11) is 1.82. The summed E-state index contributed by atoms with van der Waals surface area (Å²) in [6, 6.07) is 0. The maximum atomic E-state index is 12.4. The van der Waals surface area contributed by atoms with Crippen LogP contribution in [0, 0.1) is 11.3 Å². The summed E-state index contributed by atoms with van der Waals surface area (Å²) in [6.07, 6.45) is 2.61. The molecule has 0 spiro atoms. The van der Waals surface area contributed by atoms with Crippen molar-refractivity contribution in [2.45, 2.75) is 46.0 Å². The van der Waals surface area contributed by atoms with Crippen molar-refractivity contribution in [3.63, 3.8) is 0 Å². The standard InChI is InChI=1S/C14H28F2N2/c1-4-17-10-14(7-5-6-12(2)8-14)11-18(3)9-13(15)16/h12-13,17H,4-11H2,1-3H3. The third-order valence-electron chi connectivity index (χ3n) is 3.99. The summed E-state index contributed by atoms with van der Waals surface area (Å²) in [5.74, 6) is 0.720. The van der Waals surface area contributed by atoms with Crippen LogP contribution in [-0.4, -0.2) is 44.6 Å². The number of hydrogen-bond donors (Lipinski definition) is 1. The Labute approximate surface area is 110 Å². The molecule has 0 aromatic rings. The fraction of sp³-hybridized carbons (Fsp3) is 1.00. The van der Waals surface area contributed by atoms with E-state index >= 15 is 0 Å². The predicted molar refractivity (Wildman–Crippen MR) is 72.1 cm³/mol. The van der Waals surface area contributed by atoms with Crippen LogP contribution in [-0.2, 0) is 0 Å². The molecule has 1 rings (SSSR count). The molecule has 18 heavy (non-hydrogen) atoms. The minimum Gasteiger partial charge on any atom is -0.316 e. The van der Waals surface area contributed by atoms with Crippen LogP contribution in [0.15, 0.2) is 0 Å². The zero-order valence-electron chi connectivity index (χ0n) is 12.0. The lowest BCUT2D eigenvalue weighted by Crippen LogP contribution is -2.46. The van der Waals surface area contributed by atoms with Crippen molar-refractivity contribution in [2.24, 2.45) is 11.3 Å². The molecule has 1 saturated carbocycles. The largest absolute Gasteiger partial charge is 0.316 e. The second kappa shape index (κ2) is 7.39. The molecule has 0 aromatic heterocycles. The van der Waals surface area contributed by atoms with E-state index in [-0.39, 0.29) is 12.0 Å². The van der Waals surface area contributed by atoms with E-state index < -0.39 is 6.43 Å². The van der Waals surface area contributed by atoms with Crippen LogP contribution in [0.25, 0.3) is 0 Å². The first-order chi connectivity index (χ1) is 8.47. The van der Waals surface area contributed by atoms with Crippen LogP contribution >= 0.6 is 0 Å². The van der Waals surface area contributed by atoms with Crippen molar-refractivity contribution in [1.82, 2.24) is 10.2 Å². The van der Waals surface area contributed by atoms with E-state index in [1.807, 2.05) is 7.05 Å². The Bertz CT molecular complexity index is 236. The normalized spacial score (nSPS) is 29.2. The van der Waals surface area contributed by atoms with E-state index in [0.717, 1.165) is 38.4 Å². The monoisotopic (exact) mass is 262 g/mol. The highest BCUT2D eigenvalue weighted by atomic mass is 19.3. The molecule has 0 aliphatic heterocycles. The number of rotatable bonds is 7. The molecule has 4 heteroatoms. The van der Waals surface area contributed by atoms with E-state index in [1.165, 1.54) is 12.8 Å². The van der Waals surface area contributed by atoms with Gasteiger partial charge in [-0.15, -0.1) is 0 Å². The first-order valence-corrected chi connectivity index (χ1v) is 7.15. The van der Waals surface area contributed by atoms with Gasteiger partial charge in [0.05, 0.1) is 6.54 Å². The van der Waals surface area contributed by atoms with Crippen molar-refractivity contribution in [1.29, 1.82) is 0 Å². The predicted octanol–water partition coefficient (Wildman–Crippen LogP) is 2.99. The van der Waals surface area contributed by atoms with Gasteiger partial charge >= 0.3 is 0 Å². The minimum absolute atomic E-state index is 0.109.